The third-order valence-electron chi connectivity index (χ3n) is 2.19. The molecule has 0 bridgehead atoms. The zero-order valence-electron chi connectivity index (χ0n) is 9.33. The SMILES string of the molecule is COc1ccc(=O)n(Cc2cccc(N)n2)n1. The molecular formula is C11H12N4O2. The first-order valence-corrected chi connectivity index (χ1v) is 5.02. The van der Waals surface area contributed by atoms with E-state index >= 15 is 0 Å². The topological polar surface area (TPSA) is 83.0 Å². The van der Waals surface area contributed by atoms with Gasteiger partial charge in [-0.15, -0.1) is 5.10 Å². The van der Waals surface area contributed by atoms with E-state index in [4.69, 9.17) is 10.5 Å². The van der Waals surface area contributed by atoms with Crippen molar-refractivity contribution in [2.45, 2.75) is 6.54 Å². The van der Waals surface area contributed by atoms with E-state index in [-0.39, 0.29) is 12.1 Å². The molecule has 0 aromatic carbocycles. The number of aromatic nitrogens is 3. The van der Waals surface area contributed by atoms with Crippen LogP contribution >= 0.6 is 0 Å². The molecule has 17 heavy (non-hydrogen) atoms. The van der Waals surface area contributed by atoms with E-state index in [9.17, 15) is 4.79 Å². The summed E-state index contributed by atoms with van der Waals surface area (Å²) >= 11 is 0. The van der Waals surface area contributed by atoms with E-state index in [2.05, 4.69) is 10.1 Å². The highest BCUT2D eigenvalue weighted by atomic mass is 16.5. The van der Waals surface area contributed by atoms with Crippen LogP contribution in [0.5, 0.6) is 5.88 Å². The Balaban J connectivity index is 2.32. The highest BCUT2D eigenvalue weighted by Crippen LogP contribution is 2.03. The summed E-state index contributed by atoms with van der Waals surface area (Å²) in [5, 5.41) is 4.02. The van der Waals surface area contributed by atoms with Gasteiger partial charge in [-0.2, -0.15) is 0 Å². The maximum atomic E-state index is 11.6. The van der Waals surface area contributed by atoms with Gasteiger partial charge in [0.1, 0.15) is 5.82 Å². The summed E-state index contributed by atoms with van der Waals surface area (Å²) in [7, 11) is 1.50. The first kappa shape index (κ1) is 11.1. The lowest BCUT2D eigenvalue weighted by Gasteiger charge is -2.05. The van der Waals surface area contributed by atoms with Crippen LogP contribution in [0.2, 0.25) is 0 Å². The van der Waals surface area contributed by atoms with Crippen LogP contribution in [-0.2, 0) is 6.54 Å². The van der Waals surface area contributed by atoms with Gasteiger partial charge < -0.3 is 10.5 Å². The lowest BCUT2D eigenvalue weighted by molar-refractivity contribution is 0.378. The van der Waals surface area contributed by atoms with Gasteiger partial charge in [-0.1, -0.05) is 6.07 Å². The van der Waals surface area contributed by atoms with Gasteiger partial charge >= 0.3 is 0 Å². The molecule has 6 nitrogen and oxygen atoms in total. The Morgan fingerprint density at radius 3 is 2.88 bits per heavy atom. The maximum absolute atomic E-state index is 11.6. The molecule has 88 valence electrons. The van der Waals surface area contributed by atoms with Gasteiger partial charge in [0.05, 0.1) is 19.3 Å². The minimum absolute atomic E-state index is 0.213. The zero-order chi connectivity index (χ0) is 12.3. The van der Waals surface area contributed by atoms with E-state index in [0.29, 0.717) is 17.4 Å². The van der Waals surface area contributed by atoms with E-state index in [1.165, 1.54) is 23.9 Å². The zero-order valence-corrected chi connectivity index (χ0v) is 9.33. The maximum Gasteiger partial charge on any atom is 0.267 e. The Morgan fingerprint density at radius 1 is 1.35 bits per heavy atom. The monoisotopic (exact) mass is 232 g/mol. The Labute approximate surface area is 97.7 Å². The van der Waals surface area contributed by atoms with Crippen molar-refractivity contribution in [3.63, 3.8) is 0 Å². The van der Waals surface area contributed by atoms with Crippen LogP contribution in [0, 0.1) is 0 Å². The van der Waals surface area contributed by atoms with Crippen LogP contribution in [0.15, 0.2) is 35.1 Å². The molecule has 2 N–H and O–H groups in total. The van der Waals surface area contributed by atoms with Crippen LogP contribution in [0.1, 0.15) is 5.69 Å². The number of anilines is 1. The predicted molar refractivity (Wildman–Crippen MR) is 62.8 cm³/mol. The van der Waals surface area contributed by atoms with E-state index in [0.717, 1.165) is 0 Å². The number of methoxy groups -OCH3 is 1. The van der Waals surface area contributed by atoms with Crippen LogP contribution in [-0.4, -0.2) is 21.9 Å². The number of nitrogen functional groups attached to an aromatic ring is 1. The lowest BCUT2D eigenvalue weighted by Crippen LogP contribution is -2.23. The average Bonchev–Trinajstić information content (AvgIpc) is 2.32. The fourth-order valence-corrected chi connectivity index (χ4v) is 1.39. The van der Waals surface area contributed by atoms with Gasteiger partial charge in [-0.05, 0) is 12.1 Å². The molecule has 0 unspecified atom stereocenters. The first-order valence-electron chi connectivity index (χ1n) is 5.02. The number of hydrogen-bond donors (Lipinski definition) is 1. The highest BCUT2D eigenvalue weighted by molar-refractivity contribution is 5.28. The predicted octanol–water partition coefficient (Wildman–Crippen LogP) is 0.277. The second kappa shape index (κ2) is 4.65. The van der Waals surface area contributed by atoms with Gasteiger partial charge in [-0.25, -0.2) is 9.67 Å². The molecule has 0 saturated heterocycles. The van der Waals surface area contributed by atoms with Crippen molar-refractivity contribution in [1.29, 1.82) is 0 Å². The quantitative estimate of drug-likeness (QED) is 0.821. The van der Waals surface area contributed by atoms with Crippen molar-refractivity contribution in [1.82, 2.24) is 14.8 Å². The van der Waals surface area contributed by atoms with Crippen molar-refractivity contribution < 1.29 is 4.74 Å². The smallest absolute Gasteiger partial charge is 0.267 e. The van der Waals surface area contributed by atoms with Gasteiger partial charge in [-0.3, -0.25) is 4.79 Å². The Hall–Kier alpha value is -2.37. The van der Waals surface area contributed by atoms with E-state index in [1.807, 2.05) is 0 Å². The summed E-state index contributed by atoms with van der Waals surface area (Å²) < 4.78 is 6.23. The average molecular weight is 232 g/mol. The Morgan fingerprint density at radius 2 is 2.18 bits per heavy atom. The van der Waals surface area contributed by atoms with Crippen LogP contribution in [0.25, 0.3) is 0 Å². The molecule has 0 aliphatic carbocycles. The summed E-state index contributed by atoms with van der Waals surface area (Å²) in [6.45, 7) is 0.265. The van der Waals surface area contributed by atoms with Crippen molar-refractivity contribution >= 4 is 5.82 Å². The molecule has 0 saturated carbocycles. The molecule has 6 heteroatoms. The molecule has 0 spiro atoms. The van der Waals surface area contributed by atoms with Crippen molar-refractivity contribution in [3.8, 4) is 5.88 Å². The normalized spacial score (nSPS) is 10.2. The second-order valence-electron chi connectivity index (χ2n) is 3.43. The molecule has 0 amide bonds. The van der Waals surface area contributed by atoms with Crippen LogP contribution in [0.4, 0.5) is 5.82 Å². The molecule has 2 aromatic rings. The fourth-order valence-electron chi connectivity index (χ4n) is 1.39. The molecule has 0 atom stereocenters. The number of nitrogens with zero attached hydrogens (tertiary/aromatic N) is 3. The summed E-state index contributed by atoms with van der Waals surface area (Å²) in [4.78, 5) is 15.7. The second-order valence-corrected chi connectivity index (χ2v) is 3.43. The summed E-state index contributed by atoms with van der Waals surface area (Å²) in [5.41, 5.74) is 6.02. The van der Waals surface area contributed by atoms with E-state index in [1.54, 1.807) is 18.2 Å². The summed E-state index contributed by atoms with van der Waals surface area (Å²) in [6, 6.07) is 8.17. The Bertz CT molecular complexity index is 580. The highest BCUT2D eigenvalue weighted by Gasteiger charge is 2.03. The third-order valence-corrected chi connectivity index (χ3v) is 2.19. The largest absolute Gasteiger partial charge is 0.480 e. The minimum Gasteiger partial charge on any atom is -0.480 e. The van der Waals surface area contributed by atoms with Gasteiger partial charge in [0.15, 0.2) is 0 Å². The van der Waals surface area contributed by atoms with Gasteiger partial charge in [0.25, 0.3) is 5.56 Å². The third kappa shape index (κ3) is 2.60. The molecule has 0 radical (unpaired) electrons. The summed E-state index contributed by atoms with van der Waals surface area (Å²) in [5.74, 6) is 0.798. The summed E-state index contributed by atoms with van der Waals surface area (Å²) in [6.07, 6.45) is 0. The first-order chi connectivity index (χ1) is 8.19. The van der Waals surface area contributed by atoms with Crippen LogP contribution in [0.3, 0.4) is 0 Å². The van der Waals surface area contributed by atoms with Crippen molar-refractivity contribution in [2.24, 2.45) is 0 Å². The standard InChI is InChI=1S/C11H12N4O2/c1-17-10-5-6-11(16)15(14-10)7-8-3-2-4-9(12)13-8/h2-6H,7H2,1H3,(H2,12,13). The fraction of sp³-hybridized carbons (Fsp3) is 0.182. The van der Waals surface area contributed by atoms with Crippen LogP contribution < -0.4 is 16.0 Å². The number of nitrogens with two attached hydrogens (primary N) is 1. The molecule has 2 heterocycles. The molecule has 0 aliphatic heterocycles. The molecular weight excluding hydrogens is 220 g/mol. The molecule has 0 fully saturated rings. The molecule has 0 aliphatic rings. The van der Waals surface area contributed by atoms with Crippen molar-refractivity contribution in [3.05, 3.63) is 46.4 Å². The van der Waals surface area contributed by atoms with Gasteiger partial charge in [0.2, 0.25) is 5.88 Å². The number of rotatable bonds is 3. The molecule has 2 rings (SSSR count). The Kier molecular flexibility index (Phi) is 3.04. The van der Waals surface area contributed by atoms with Crippen molar-refractivity contribution in [2.75, 3.05) is 12.8 Å². The van der Waals surface area contributed by atoms with Gasteiger partial charge in [0, 0.05) is 12.1 Å². The van der Waals surface area contributed by atoms with E-state index < -0.39 is 0 Å². The molecule has 2 aromatic heterocycles. The lowest BCUT2D eigenvalue weighted by atomic mass is 10.3. The number of hydrogen-bond acceptors (Lipinski definition) is 5. The minimum atomic E-state index is -0.213. The number of ether oxygens (including phenoxy) is 1. The number of pyridine rings is 1.